The van der Waals surface area contributed by atoms with Gasteiger partial charge >= 0.3 is 5.97 Å². The number of fused-ring (bicyclic) bond motifs is 7. The highest BCUT2D eigenvalue weighted by Gasteiger charge is 2.25. The molecule has 3 N–H and O–H groups in total. The van der Waals surface area contributed by atoms with E-state index in [0.717, 1.165) is 34.4 Å². The van der Waals surface area contributed by atoms with Gasteiger partial charge in [-0.15, -0.1) is 0 Å². The van der Waals surface area contributed by atoms with Gasteiger partial charge in [-0.1, -0.05) is 31.9 Å². The van der Waals surface area contributed by atoms with E-state index in [0.29, 0.717) is 40.9 Å². The van der Waals surface area contributed by atoms with E-state index in [1.165, 1.54) is 12.1 Å². The van der Waals surface area contributed by atoms with Crippen LogP contribution in [0.4, 0.5) is 10.2 Å². The summed E-state index contributed by atoms with van der Waals surface area (Å²) >= 11 is 6.70. The first kappa shape index (κ1) is 28.6. The molecule has 0 aliphatic carbocycles. The number of carbonyl (C=O) groups excluding carboxylic acids is 1. The normalized spacial score (nSPS) is 13.9. The van der Waals surface area contributed by atoms with Gasteiger partial charge < -0.3 is 20.5 Å². The van der Waals surface area contributed by atoms with Crippen molar-refractivity contribution in [3.05, 3.63) is 64.3 Å². The van der Waals surface area contributed by atoms with Crippen LogP contribution in [0.3, 0.4) is 0 Å². The van der Waals surface area contributed by atoms with Crippen molar-refractivity contribution in [3.63, 3.8) is 0 Å². The molecule has 0 amide bonds. The summed E-state index contributed by atoms with van der Waals surface area (Å²) in [4.78, 5) is 17.0. The Balaban J connectivity index is 1.57. The van der Waals surface area contributed by atoms with Crippen LogP contribution >= 0.6 is 11.6 Å². The number of nitrogens with one attached hydrogen (secondary N) is 1. The van der Waals surface area contributed by atoms with Crippen LogP contribution < -0.4 is 15.8 Å². The molecular formula is C29H33ClFN7O3. The first-order valence-electron chi connectivity index (χ1n) is 13.6. The van der Waals surface area contributed by atoms with Crippen molar-refractivity contribution >= 4 is 23.4 Å². The number of nitrogens with zero attached hydrogens (tertiary/aromatic N) is 5. The Labute approximate surface area is 242 Å². The summed E-state index contributed by atoms with van der Waals surface area (Å²) in [5, 5.41) is 12.7. The fraction of sp³-hybridized carbons (Fsp3) is 0.379. The molecule has 12 heteroatoms. The molecule has 3 aromatic heterocycles. The molecular weight excluding hydrogens is 549 g/mol. The number of esters is 1. The van der Waals surface area contributed by atoms with Gasteiger partial charge in [0, 0.05) is 60.2 Å². The number of rotatable bonds is 7. The van der Waals surface area contributed by atoms with Gasteiger partial charge in [0.2, 0.25) is 0 Å². The van der Waals surface area contributed by atoms with Crippen LogP contribution in [0.5, 0.6) is 5.75 Å². The summed E-state index contributed by atoms with van der Waals surface area (Å²) in [5.74, 6) is -0.173. The number of benzene rings is 1. The first-order chi connectivity index (χ1) is 19.7. The summed E-state index contributed by atoms with van der Waals surface area (Å²) in [6, 6.07) is 5.66. The van der Waals surface area contributed by atoms with Crippen molar-refractivity contribution in [1.29, 1.82) is 0 Å². The van der Waals surface area contributed by atoms with E-state index in [4.69, 9.17) is 31.9 Å². The van der Waals surface area contributed by atoms with E-state index in [-0.39, 0.29) is 25.1 Å². The number of anilines is 1. The van der Waals surface area contributed by atoms with E-state index in [2.05, 4.69) is 15.4 Å². The van der Waals surface area contributed by atoms with E-state index >= 15 is 0 Å². The van der Waals surface area contributed by atoms with Gasteiger partial charge in [-0.3, -0.25) is 14.2 Å². The minimum atomic E-state index is -0.723. The lowest BCUT2D eigenvalue weighted by Crippen LogP contribution is -2.38. The molecule has 4 heterocycles. The van der Waals surface area contributed by atoms with E-state index in [1.807, 2.05) is 44.8 Å². The Kier molecular flexibility index (Phi) is 8.27. The van der Waals surface area contributed by atoms with Gasteiger partial charge in [-0.05, 0) is 37.1 Å². The number of carbonyl (C=O) groups is 1. The second kappa shape index (κ2) is 11.9. The zero-order chi connectivity index (χ0) is 29.3. The average molecular weight is 582 g/mol. The van der Waals surface area contributed by atoms with Gasteiger partial charge in [-0.2, -0.15) is 10.2 Å². The van der Waals surface area contributed by atoms with Gasteiger partial charge in [-0.25, -0.2) is 9.37 Å². The molecule has 2 bridgehead atoms. The Hall–Kier alpha value is -3.96. The van der Waals surface area contributed by atoms with Crippen molar-refractivity contribution in [3.8, 4) is 28.3 Å². The minimum Gasteiger partial charge on any atom is -0.485 e. The van der Waals surface area contributed by atoms with Crippen molar-refractivity contribution in [1.82, 2.24) is 24.5 Å². The molecule has 2 atom stereocenters. The number of nitrogens with two attached hydrogens (primary N) is 1. The number of aryl methyl sites for hydroxylation is 2. The summed E-state index contributed by atoms with van der Waals surface area (Å²) in [7, 11) is 1.84. The Morgan fingerprint density at radius 1 is 1.27 bits per heavy atom. The van der Waals surface area contributed by atoms with Crippen LogP contribution in [0.2, 0.25) is 5.15 Å². The quantitative estimate of drug-likeness (QED) is 0.233. The molecule has 0 fully saturated rings. The van der Waals surface area contributed by atoms with E-state index < -0.39 is 12.0 Å². The van der Waals surface area contributed by atoms with Crippen LogP contribution in [0.1, 0.15) is 43.9 Å². The maximum atomic E-state index is 14.4. The standard InChI is InChI=1S/C29H33ClFN7O3/c1-5-16(3)24(32)29(39)41-15-34-28-23-11-17(12-33-28)26-22(27(30)36-38(26)6-2)10-18-13-37(4)35-25(18)21-8-7-20(31)9-19(21)14-40-23/h7-9,11-13,16,24H,5-6,10,14-15,32H2,1-4H3,(H,33,34). The number of pyridine rings is 1. The number of hydrogen-bond acceptors (Lipinski definition) is 8. The van der Waals surface area contributed by atoms with Crippen molar-refractivity contribution in [2.24, 2.45) is 18.7 Å². The first-order valence-corrected chi connectivity index (χ1v) is 13.9. The van der Waals surface area contributed by atoms with E-state index in [1.54, 1.807) is 16.9 Å². The Bertz CT molecular complexity index is 1580. The lowest BCUT2D eigenvalue weighted by Gasteiger charge is -2.19. The highest BCUT2D eigenvalue weighted by atomic mass is 35.5. The zero-order valence-electron chi connectivity index (χ0n) is 23.4. The van der Waals surface area contributed by atoms with Crippen LogP contribution in [0.25, 0.3) is 22.5 Å². The Morgan fingerprint density at radius 3 is 2.83 bits per heavy atom. The summed E-state index contributed by atoms with van der Waals surface area (Å²) in [6.07, 6.45) is 4.84. The highest BCUT2D eigenvalue weighted by molar-refractivity contribution is 6.30. The predicted molar refractivity (Wildman–Crippen MR) is 154 cm³/mol. The second-order valence-electron chi connectivity index (χ2n) is 10.1. The number of ether oxygens (including phenoxy) is 2. The number of halogens is 2. The van der Waals surface area contributed by atoms with Gasteiger partial charge in [0.25, 0.3) is 0 Å². The van der Waals surface area contributed by atoms with Crippen LogP contribution in [-0.4, -0.2) is 43.3 Å². The molecule has 10 nitrogen and oxygen atoms in total. The smallest absolute Gasteiger partial charge is 0.324 e. The summed E-state index contributed by atoms with van der Waals surface area (Å²) < 4.78 is 29.6. The molecule has 1 aliphatic rings. The minimum absolute atomic E-state index is 0.0121. The van der Waals surface area contributed by atoms with E-state index in [9.17, 15) is 9.18 Å². The molecule has 41 heavy (non-hydrogen) atoms. The van der Waals surface area contributed by atoms with Crippen LogP contribution in [0.15, 0.2) is 36.7 Å². The van der Waals surface area contributed by atoms with Crippen molar-refractivity contribution < 1.29 is 18.7 Å². The summed E-state index contributed by atoms with van der Waals surface area (Å²) in [5.41, 5.74) is 11.4. The maximum absolute atomic E-state index is 14.4. The monoisotopic (exact) mass is 581 g/mol. The van der Waals surface area contributed by atoms with Crippen LogP contribution in [0, 0.1) is 11.7 Å². The zero-order valence-corrected chi connectivity index (χ0v) is 24.2. The average Bonchev–Trinajstić information content (AvgIpc) is 3.49. The van der Waals surface area contributed by atoms with Gasteiger partial charge in [0.15, 0.2) is 23.5 Å². The summed E-state index contributed by atoms with van der Waals surface area (Å²) in [6.45, 7) is 6.32. The fourth-order valence-corrected chi connectivity index (χ4v) is 5.15. The molecule has 1 aliphatic heterocycles. The third kappa shape index (κ3) is 5.77. The molecule has 4 aromatic rings. The van der Waals surface area contributed by atoms with Gasteiger partial charge in [0.1, 0.15) is 18.5 Å². The second-order valence-corrected chi connectivity index (χ2v) is 10.5. The lowest BCUT2D eigenvalue weighted by molar-refractivity contribution is -0.145. The molecule has 0 saturated carbocycles. The maximum Gasteiger partial charge on any atom is 0.324 e. The molecule has 216 valence electrons. The highest BCUT2D eigenvalue weighted by Crippen LogP contribution is 2.38. The SMILES string of the molecule is CCC(C)C(N)C(=O)OCNc1ncc2cc1OCc1cc(F)ccc1-c1nn(C)cc1Cc1c(Cl)nn(CC)c1-2. The largest absolute Gasteiger partial charge is 0.485 e. The third-order valence-electron chi connectivity index (χ3n) is 7.39. The van der Waals surface area contributed by atoms with Crippen LogP contribution in [-0.2, 0) is 36.2 Å². The molecule has 5 rings (SSSR count). The van der Waals surface area contributed by atoms with Crippen molar-refractivity contribution in [2.45, 2.75) is 52.8 Å². The van der Waals surface area contributed by atoms with Gasteiger partial charge in [0.05, 0.1) is 11.4 Å². The van der Waals surface area contributed by atoms with Crippen molar-refractivity contribution in [2.75, 3.05) is 12.0 Å². The molecule has 1 aromatic carbocycles. The topological polar surface area (TPSA) is 122 Å². The lowest BCUT2D eigenvalue weighted by atomic mass is 9.97. The number of hydrogen-bond donors (Lipinski definition) is 2. The molecule has 2 unspecified atom stereocenters. The molecule has 0 radical (unpaired) electrons. The number of aromatic nitrogens is 5. The molecule has 0 saturated heterocycles. The predicted octanol–water partition coefficient (Wildman–Crippen LogP) is 4.93. The fourth-order valence-electron chi connectivity index (χ4n) is 4.91. The molecule has 0 spiro atoms. The third-order valence-corrected chi connectivity index (χ3v) is 7.69. The Morgan fingerprint density at radius 2 is 2.07 bits per heavy atom.